The molecule has 1 amide bonds. The molecule has 1 fully saturated rings. The van der Waals surface area contributed by atoms with Gasteiger partial charge in [0, 0.05) is 41.8 Å². The Morgan fingerprint density at radius 3 is 2.75 bits per heavy atom. The quantitative estimate of drug-likeness (QED) is 0.716. The average molecular weight is 399 g/mol. The van der Waals surface area contributed by atoms with Gasteiger partial charge < -0.3 is 9.88 Å². The summed E-state index contributed by atoms with van der Waals surface area (Å²) < 4.78 is 4.02. The molecule has 0 saturated heterocycles. The van der Waals surface area contributed by atoms with Crippen LogP contribution in [0.4, 0.5) is 0 Å². The van der Waals surface area contributed by atoms with Crippen molar-refractivity contribution in [3.63, 3.8) is 0 Å². The maximum Gasteiger partial charge on any atom is 0.257 e. The summed E-state index contributed by atoms with van der Waals surface area (Å²) in [5.74, 6) is 0.253. The first-order chi connectivity index (χ1) is 13.4. The molecule has 4 rings (SSSR count). The zero-order chi connectivity index (χ0) is 19.8. The zero-order valence-electron chi connectivity index (χ0n) is 16.6. The van der Waals surface area contributed by atoms with Crippen LogP contribution in [0.5, 0.6) is 0 Å². The van der Waals surface area contributed by atoms with Crippen LogP contribution in [0.3, 0.4) is 0 Å². The van der Waals surface area contributed by atoms with Crippen LogP contribution in [0.1, 0.15) is 58.8 Å². The van der Waals surface area contributed by atoms with Gasteiger partial charge in [0.05, 0.1) is 12.2 Å². The molecule has 0 atom stereocenters. The molecule has 0 spiro atoms. The third-order valence-corrected chi connectivity index (χ3v) is 6.82. The Morgan fingerprint density at radius 2 is 2.04 bits per heavy atom. The second-order valence-electron chi connectivity index (χ2n) is 7.83. The van der Waals surface area contributed by atoms with Crippen molar-refractivity contribution >= 4 is 22.2 Å². The number of hydrogen-bond donors (Lipinski definition) is 1. The number of imidazole rings is 1. The molecule has 0 unspecified atom stereocenters. The van der Waals surface area contributed by atoms with Gasteiger partial charge in [-0.15, -0.1) is 11.3 Å². The highest BCUT2D eigenvalue weighted by Crippen LogP contribution is 2.28. The molecule has 0 aliphatic heterocycles. The number of nitrogens with one attached hydrogen (secondary N) is 1. The third kappa shape index (κ3) is 3.51. The first-order valence-electron chi connectivity index (χ1n) is 9.84. The monoisotopic (exact) mass is 398 g/mol. The number of amides is 1. The Morgan fingerprint density at radius 1 is 1.29 bits per heavy atom. The summed E-state index contributed by atoms with van der Waals surface area (Å²) >= 11 is 1.58. The molecule has 1 N–H and O–H groups in total. The fourth-order valence-corrected chi connectivity index (χ4v) is 5.01. The van der Waals surface area contributed by atoms with E-state index in [1.54, 1.807) is 17.4 Å². The SMILES string of the molecule is Cc1cc(=O)c(C(=O)NCc2cn3c(C)csc3n2)c(CC2CCCC2)n1C. The standard InChI is InChI=1S/C21H26N4O2S/c1-13-8-18(26)19(17(24(13)3)9-15-6-4-5-7-15)20(27)22-10-16-11-25-14(2)12-28-21(25)23-16/h8,11-12,15H,4-7,9-10H2,1-3H3,(H,22,27). The summed E-state index contributed by atoms with van der Waals surface area (Å²) in [6.07, 6.45) is 7.55. The minimum Gasteiger partial charge on any atom is -0.351 e. The molecule has 0 bridgehead atoms. The molecule has 1 aliphatic carbocycles. The Bertz CT molecular complexity index is 1090. The van der Waals surface area contributed by atoms with Gasteiger partial charge in [0.1, 0.15) is 5.56 Å². The first-order valence-corrected chi connectivity index (χ1v) is 10.7. The molecule has 3 aromatic heterocycles. The molecule has 1 saturated carbocycles. The number of thiazole rings is 1. The number of pyridine rings is 1. The summed E-state index contributed by atoms with van der Waals surface area (Å²) in [7, 11) is 1.95. The number of rotatable bonds is 5. The molecule has 7 heteroatoms. The fraction of sp³-hybridized carbons (Fsp3) is 0.476. The average Bonchev–Trinajstić information content (AvgIpc) is 3.37. The lowest BCUT2D eigenvalue weighted by molar-refractivity contribution is 0.0947. The first kappa shape index (κ1) is 18.9. The lowest BCUT2D eigenvalue weighted by Gasteiger charge is -2.19. The molecule has 148 valence electrons. The van der Waals surface area contributed by atoms with E-state index in [9.17, 15) is 9.59 Å². The molecule has 6 nitrogen and oxygen atoms in total. The topological polar surface area (TPSA) is 68.4 Å². The highest BCUT2D eigenvalue weighted by atomic mass is 32.1. The van der Waals surface area contributed by atoms with Crippen molar-refractivity contribution in [2.24, 2.45) is 13.0 Å². The normalized spacial score (nSPS) is 14.8. The number of hydrogen-bond acceptors (Lipinski definition) is 4. The van der Waals surface area contributed by atoms with Gasteiger partial charge in [-0.2, -0.15) is 0 Å². The maximum absolute atomic E-state index is 13.0. The van der Waals surface area contributed by atoms with Crippen molar-refractivity contribution in [2.75, 3.05) is 0 Å². The van der Waals surface area contributed by atoms with Gasteiger partial charge in [0.2, 0.25) is 0 Å². The van der Waals surface area contributed by atoms with E-state index in [4.69, 9.17) is 0 Å². The van der Waals surface area contributed by atoms with E-state index in [0.29, 0.717) is 12.5 Å². The van der Waals surface area contributed by atoms with Crippen molar-refractivity contribution in [1.29, 1.82) is 0 Å². The molecular formula is C21H26N4O2S. The van der Waals surface area contributed by atoms with E-state index in [-0.39, 0.29) is 16.9 Å². The maximum atomic E-state index is 13.0. The van der Waals surface area contributed by atoms with E-state index >= 15 is 0 Å². The van der Waals surface area contributed by atoms with Crippen molar-refractivity contribution in [3.05, 3.63) is 56.2 Å². The van der Waals surface area contributed by atoms with Crippen LogP contribution in [-0.2, 0) is 20.0 Å². The van der Waals surface area contributed by atoms with Crippen molar-refractivity contribution < 1.29 is 4.79 Å². The second-order valence-corrected chi connectivity index (χ2v) is 8.67. The van der Waals surface area contributed by atoms with E-state index in [0.717, 1.165) is 34.2 Å². The molecule has 28 heavy (non-hydrogen) atoms. The summed E-state index contributed by atoms with van der Waals surface area (Å²) in [5.41, 5.74) is 3.76. The Balaban J connectivity index is 1.58. The molecule has 1 aliphatic rings. The van der Waals surface area contributed by atoms with Gasteiger partial charge >= 0.3 is 0 Å². The second kappa shape index (κ2) is 7.54. The van der Waals surface area contributed by atoms with E-state index in [1.807, 2.05) is 36.1 Å². The summed E-state index contributed by atoms with van der Waals surface area (Å²) in [6.45, 7) is 4.26. The summed E-state index contributed by atoms with van der Waals surface area (Å²) in [6, 6.07) is 1.56. The summed E-state index contributed by atoms with van der Waals surface area (Å²) in [5, 5.41) is 4.97. The summed E-state index contributed by atoms with van der Waals surface area (Å²) in [4.78, 5) is 31.1. The predicted octanol–water partition coefficient (Wildman–Crippen LogP) is 3.37. The minimum atomic E-state index is -0.304. The van der Waals surface area contributed by atoms with Crippen molar-refractivity contribution in [2.45, 2.75) is 52.5 Å². The van der Waals surface area contributed by atoms with Crippen LogP contribution in [0.25, 0.3) is 4.96 Å². The van der Waals surface area contributed by atoms with Crippen molar-refractivity contribution in [1.82, 2.24) is 19.3 Å². The van der Waals surface area contributed by atoms with Crippen LogP contribution in [0.15, 0.2) is 22.4 Å². The zero-order valence-corrected chi connectivity index (χ0v) is 17.4. The molecular weight excluding hydrogens is 372 g/mol. The largest absolute Gasteiger partial charge is 0.351 e. The van der Waals surface area contributed by atoms with Crippen LogP contribution < -0.4 is 10.7 Å². The molecule has 0 aromatic carbocycles. The van der Waals surface area contributed by atoms with Gasteiger partial charge in [-0.25, -0.2) is 4.98 Å². The van der Waals surface area contributed by atoms with Crippen LogP contribution in [-0.4, -0.2) is 19.9 Å². The number of carbonyl (C=O) groups is 1. The van der Waals surface area contributed by atoms with Gasteiger partial charge in [-0.1, -0.05) is 25.7 Å². The van der Waals surface area contributed by atoms with Crippen LogP contribution >= 0.6 is 11.3 Å². The van der Waals surface area contributed by atoms with Crippen LogP contribution in [0, 0.1) is 19.8 Å². The van der Waals surface area contributed by atoms with Gasteiger partial charge in [-0.3, -0.25) is 14.0 Å². The highest BCUT2D eigenvalue weighted by Gasteiger charge is 2.24. The lowest BCUT2D eigenvalue weighted by Crippen LogP contribution is -2.32. The Kier molecular flexibility index (Phi) is 5.10. The highest BCUT2D eigenvalue weighted by molar-refractivity contribution is 7.15. The van der Waals surface area contributed by atoms with Gasteiger partial charge in [0.15, 0.2) is 10.4 Å². The molecule has 3 heterocycles. The van der Waals surface area contributed by atoms with Crippen molar-refractivity contribution in [3.8, 4) is 0 Å². The fourth-order valence-electron chi connectivity index (χ4n) is 4.14. The minimum absolute atomic E-state index is 0.192. The predicted molar refractivity (Wildman–Crippen MR) is 111 cm³/mol. The van der Waals surface area contributed by atoms with Gasteiger partial charge in [0.25, 0.3) is 5.91 Å². The number of fused-ring (bicyclic) bond motifs is 1. The Labute approximate surface area is 168 Å². The van der Waals surface area contributed by atoms with E-state index in [2.05, 4.69) is 15.7 Å². The van der Waals surface area contributed by atoms with Crippen LogP contribution in [0.2, 0.25) is 0 Å². The smallest absolute Gasteiger partial charge is 0.257 e. The van der Waals surface area contributed by atoms with Gasteiger partial charge in [-0.05, 0) is 26.2 Å². The van der Waals surface area contributed by atoms with E-state index in [1.165, 1.54) is 25.7 Å². The molecule has 3 aromatic rings. The number of aryl methyl sites for hydroxylation is 2. The Hall–Kier alpha value is -2.41. The molecule has 0 radical (unpaired) electrons. The number of aromatic nitrogens is 3. The lowest BCUT2D eigenvalue weighted by atomic mass is 9.97. The third-order valence-electron chi connectivity index (χ3n) is 5.86. The number of nitrogens with zero attached hydrogens (tertiary/aromatic N) is 3. The number of carbonyl (C=O) groups excluding carboxylic acids is 1. The van der Waals surface area contributed by atoms with E-state index < -0.39 is 0 Å².